The van der Waals surface area contributed by atoms with Crippen LogP contribution in [0.1, 0.15) is 0 Å². The van der Waals surface area contributed by atoms with Gasteiger partial charge in [-0.25, -0.2) is 9.97 Å². The van der Waals surface area contributed by atoms with Crippen LogP contribution in [0.2, 0.25) is 0 Å². The van der Waals surface area contributed by atoms with Crippen LogP contribution in [0.25, 0.3) is 83.3 Å². The van der Waals surface area contributed by atoms with Crippen molar-refractivity contribution in [3.63, 3.8) is 0 Å². The van der Waals surface area contributed by atoms with Gasteiger partial charge >= 0.3 is 0 Å². The van der Waals surface area contributed by atoms with Gasteiger partial charge in [0.1, 0.15) is 11.2 Å². The zero-order chi connectivity index (χ0) is 29.0. The summed E-state index contributed by atoms with van der Waals surface area (Å²) in [7, 11) is 0. The molecule has 0 atom stereocenters. The second-order valence-corrected chi connectivity index (χ2v) is 11.1. The van der Waals surface area contributed by atoms with E-state index in [1.54, 1.807) is 0 Å². The van der Waals surface area contributed by atoms with E-state index in [-0.39, 0.29) is 0 Å². The molecule has 9 rings (SSSR count). The maximum Gasteiger partial charge on any atom is 0.160 e. The lowest BCUT2D eigenvalue weighted by molar-refractivity contribution is 0.669. The highest BCUT2D eigenvalue weighted by Gasteiger charge is 2.15. The number of hydrogen-bond donors (Lipinski definition) is 0. The summed E-state index contributed by atoms with van der Waals surface area (Å²) in [6.45, 7) is 0. The fraction of sp³-hybridized carbons (Fsp3) is 0. The molecule has 206 valence electrons. The second-order valence-electron chi connectivity index (χ2n) is 11.1. The number of para-hydroxylation sites is 3. The maximum absolute atomic E-state index is 6.10. The molecule has 0 aliphatic rings. The highest BCUT2D eigenvalue weighted by molar-refractivity contribution is 6.09. The lowest BCUT2D eigenvalue weighted by Gasteiger charge is -2.12. The molecule has 44 heavy (non-hydrogen) atoms. The first-order valence-electron chi connectivity index (χ1n) is 14.8. The molecule has 3 heterocycles. The topological polar surface area (TPSA) is 43.9 Å². The van der Waals surface area contributed by atoms with Gasteiger partial charge in [0.05, 0.1) is 22.4 Å². The fourth-order valence-corrected chi connectivity index (χ4v) is 6.35. The van der Waals surface area contributed by atoms with E-state index < -0.39 is 0 Å². The first-order valence-corrected chi connectivity index (χ1v) is 14.8. The van der Waals surface area contributed by atoms with Crippen molar-refractivity contribution in [3.05, 3.63) is 152 Å². The number of fused-ring (bicyclic) bond motifs is 6. The van der Waals surface area contributed by atoms with Gasteiger partial charge < -0.3 is 8.98 Å². The SMILES string of the molecule is c1ccc(-c2cc(-c3cccc(-n4c5ccccc5c5ccccc54)c3)nc(-c3ccc4oc5ccccc5c4c3)n2)cc1. The van der Waals surface area contributed by atoms with Crippen LogP contribution in [-0.4, -0.2) is 14.5 Å². The van der Waals surface area contributed by atoms with Gasteiger partial charge in [-0.15, -0.1) is 0 Å². The quantitative estimate of drug-likeness (QED) is 0.214. The van der Waals surface area contributed by atoms with Crippen molar-refractivity contribution in [3.8, 4) is 39.6 Å². The molecule has 0 N–H and O–H groups in total. The van der Waals surface area contributed by atoms with E-state index in [9.17, 15) is 0 Å². The normalized spacial score (nSPS) is 11.6. The molecule has 0 unspecified atom stereocenters. The van der Waals surface area contributed by atoms with Gasteiger partial charge in [-0.1, -0.05) is 97.1 Å². The standard InChI is InChI=1S/C40H25N3O/c1-2-11-26(12-3-1)34-25-35(42-40(41-34)28-21-22-39-33(24-28)32-17-6-9-20-38(32)44-39)27-13-10-14-29(23-27)43-36-18-7-4-15-30(36)31-16-5-8-19-37(31)43/h1-25H. The highest BCUT2D eigenvalue weighted by atomic mass is 16.3. The molecule has 4 nitrogen and oxygen atoms in total. The first kappa shape index (κ1) is 24.6. The number of hydrogen-bond acceptors (Lipinski definition) is 3. The molecule has 0 saturated carbocycles. The summed E-state index contributed by atoms with van der Waals surface area (Å²) in [5.41, 5.74) is 9.95. The third-order valence-electron chi connectivity index (χ3n) is 8.41. The molecule has 0 spiro atoms. The van der Waals surface area contributed by atoms with E-state index in [2.05, 4.69) is 108 Å². The lowest BCUT2D eigenvalue weighted by atomic mass is 10.0. The van der Waals surface area contributed by atoms with Gasteiger partial charge in [0.2, 0.25) is 0 Å². The highest BCUT2D eigenvalue weighted by Crippen LogP contribution is 2.35. The average molecular weight is 564 g/mol. The average Bonchev–Trinajstić information content (AvgIpc) is 3.64. The lowest BCUT2D eigenvalue weighted by Crippen LogP contribution is -1.97. The Morgan fingerprint density at radius 3 is 1.80 bits per heavy atom. The van der Waals surface area contributed by atoms with Crippen molar-refractivity contribution < 1.29 is 4.42 Å². The Hall–Kier alpha value is -6.00. The first-order chi connectivity index (χ1) is 21.8. The van der Waals surface area contributed by atoms with Crippen molar-refractivity contribution >= 4 is 43.7 Å². The van der Waals surface area contributed by atoms with E-state index >= 15 is 0 Å². The third-order valence-corrected chi connectivity index (χ3v) is 8.41. The molecule has 0 saturated heterocycles. The molecule has 0 aliphatic carbocycles. The number of benzene rings is 6. The summed E-state index contributed by atoms with van der Waals surface area (Å²) >= 11 is 0. The molecular formula is C40H25N3O. The van der Waals surface area contributed by atoms with E-state index in [0.29, 0.717) is 5.82 Å². The van der Waals surface area contributed by atoms with Crippen LogP contribution in [-0.2, 0) is 0 Å². The largest absolute Gasteiger partial charge is 0.456 e. The minimum Gasteiger partial charge on any atom is -0.456 e. The zero-order valence-electron chi connectivity index (χ0n) is 23.7. The number of furan rings is 1. The number of aromatic nitrogens is 3. The Labute approximate surface area is 253 Å². The minimum atomic E-state index is 0.677. The molecule has 0 fully saturated rings. The Morgan fingerprint density at radius 1 is 0.409 bits per heavy atom. The van der Waals surface area contributed by atoms with Gasteiger partial charge in [-0.2, -0.15) is 0 Å². The molecule has 4 heteroatoms. The van der Waals surface area contributed by atoms with Crippen molar-refractivity contribution in [1.29, 1.82) is 0 Å². The molecule has 0 bridgehead atoms. The smallest absolute Gasteiger partial charge is 0.160 e. The van der Waals surface area contributed by atoms with Crippen LogP contribution < -0.4 is 0 Å². The van der Waals surface area contributed by atoms with E-state index in [1.165, 1.54) is 21.8 Å². The maximum atomic E-state index is 6.10. The van der Waals surface area contributed by atoms with Gasteiger partial charge in [-0.05, 0) is 54.6 Å². The van der Waals surface area contributed by atoms with Gasteiger partial charge in [-0.3, -0.25) is 0 Å². The van der Waals surface area contributed by atoms with E-state index in [1.807, 2.05) is 48.5 Å². The van der Waals surface area contributed by atoms with Crippen LogP contribution in [0.5, 0.6) is 0 Å². The van der Waals surface area contributed by atoms with Crippen molar-refractivity contribution in [2.45, 2.75) is 0 Å². The Morgan fingerprint density at radius 2 is 1.02 bits per heavy atom. The number of nitrogens with zero attached hydrogens (tertiary/aromatic N) is 3. The Bertz CT molecular complexity index is 2450. The van der Waals surface area contributed by atoms with E-state index in [4.69, 9.17) is 14.4 Å². The van der Waals surface area contributed by atoms with Crippen LogP contribution >= 0.6 is 0 Å². The van der Waals surface area contributed by atoms with E-state index in [0.717, 1.165) is 55.7 Å². The molecule has 6 aromatic carbocycles. The van der Waals surface area contributed by atoms with Crippen LogP contribution in [0.15, 0.2) is 156 Å². The third kappa shape index (κ3) is 3.92. The van der Waals surface area contributed by atoms with Gasteiger partial charge in [0.25, 0.3) is 0 Å². The van der Waals surface area contributed by atoms with Crippen LogP contribution in [0.3, 0.4) is 0 Å². The molecular weight excluding hydrogens is 538 g/mol. The molecule has 0 aliphatic heterocycles. The predicted molar refractivity (Wildman–Crippen MR) is 180 cm³/mol. The zero-order valence-corrected chi connectivity index (χ0v) is 23.7. The second kappa shape index (κ2) is 9.79. The number of rotatable bonds is 4. The summed E-state index contributed by atoms with van der Waals surface area (Å²) in [4.78, 5) is 10.2. The van der Waals surface area contributed by atoms with Crippen molar-refractivity contribution in [1.82, 2.24) is 14.5 Å². The molecule has 9 aromatic rings. The predicted octanol–water partition coefficient (Wildman–Crippen LogP) is 10.5. The Balaban J connectivity index is 1.24. The summed E-state index contributed by atoms with van der Waals surface area (Å²) in [6, 6.07) is 52.6. The van der Waals surface area contributed by atoms with Gasteiger partial charge in [0, 0.05) is 43.9 Å². The monoisotopic (exact) mass is 563 g/mol. The molecule has 0 amide bonds. The van der Waals surface area contributed by atoms with Crippen molar-refractivity contribution in [2.24, 2.45) is 0 Å². The summed E-state index contributed by atoms with van der Waals surface area (Å²) < 4.78 is 8.44. The van der Waals surface area contributed by atoms with Crippen LogP contribution in [0, 0.1) is 0 Å². The molecule has 0 radical (unpaired) electrons. The molecule has 3 aromatic heterocycles. The minimum absolute atomic E-state index is 0.677. The summed E-state index contributed by atoms with van der Waals surface area (Å²) in [6.07, 6.45) is 0. The fourth-order valence-electron chi connectivity index (χ4n) is 6.35. The Kier molecular flexibility index (Phi) is 5.47. The summed E-state index contributed by atoms with van der Waals surface area (Å²) in [5, 5.41) is 4.63. The van der Waals surface area contributed by atoms with Gasteiger partial charge in [0.15, 0.2) is 5.82 Å². The summed E-state index contributed by atoms with van der Waals surface area (Å²) in [5.74, 6) is 0.677. The van der Waals surface area contributed by atoms with Crippen molar-refractivity contribution in [2.75, 3.05) is 0 Å². The van der Waals surface area contributed by atoms with Crippen LogP contribution in [0.4, 0.5) is 0 Å².